The Morgan fingerprint density at radius 1 is 1.50 bits per heavy atom. The first-order valence-corrected chi connectivity index (χ1v) is 6.40. The number of rotatable bonds is 1. The maximum absolute atomic E-state index is 5.23. The Hall–Kier alpha value is -0.0931. The maximum Gasteiger partial charge on any atom is 0.155 e. The van der Waals surface area contributed by atoms with Gasteiger partial charge in [-0.2, -0.15) is 0 Å². The van der Waals surface area contributed by atoms with Crippen LogP contribution >= 0.6 is 12.2 Å². The van der Waals surface area contributed by atoms with Gasteiger partial charge in [-0.1, -0.05) is 19.6 Å². The summed E-state index contributed by atoms with van der Waals surface area (Å²) in [5.74, 6) is 0. The summed E-state index contributed by atoms with van der Waals surface area (Å²) in [4.78, 5) is 3.03. The van der Waals surface area contributed by atoms with E-state index in [9.17, 15) is 0 Å². The van der Waals surface area contributed by atoms with Crippen LogP contribution in [0.15, 0.2) is 0 Å². The molecule has 0 atom stereocenters. The van der Waals surface area contributed by atoms with Gasteiger partial charge in [-0.3, -0.25) is 0 Å². The molecule has 0 aromatic heterocycles. The third kappa shape index (κ3) is 5.91. The van der Waals surface area contributed by atoms with Crippen LogP contribution in [0.25, 0.3) is 0 Å². The first-order valence-electron chi connectivity index (χ1n) is 2.49. The van der Waals surface area contributed by atoms with Gasteiger partial charge in [-0.25, -0.2) is 0 Å². The van der Waals surface area contributed by atoms with Crippen molar-refractivity contribution in [3.8, 4) is 0 Å². The summed E-state index contributed by atoms with van der Waals surface area (Å²) in [7, 11) is -1.24. The van der Waals surface area contributed by atoms with Gasteiger partial charge in [0.1, 0.15) is 8.24 Å². The lowest BCUT2D eigenvalue weighted by Gasteiger charge is -2.16. The van der Waals surface area contributed by atoms with E-state index in [1.165, 1.54) is 0 Å². The summed E-state index contributed by atoms with van der Waals surface area (Å²) in [6.07, 6.45) is 0. The van der Waals surface area contributed by atoms with E-state index in [4.69, 9.17) is 5.73 Å². The van der Waals surface area contributed by atoms with Crippen molar-refractivity contribution in [3.63, 3.8) is 0 Å². The van der Waals surface area contributed by atoms with E-state index < -0.39 is 8.24 Å². The zero-order valence-corrected chi connectivity index (χ0v) is 7.30. The Bertz CT molecular complexity index is 96.7. The standard InChI is InChI=1S/C4H12N2SSi/c1-8(2,3)6-4(5)7/h1-3H3,(H3,5,6,7). The minimum Gasteiger partial charge on any atom is -0.389 e. The minimum absolute atomic E-state index is 0.421. The third-order valence-electron chi connectivity index (χ3n) is 0.498. The number of thiocarbonyl (C=S) groups is 1. The lowest BCUT2D eigenvalue weighted by molar-refractivity contribution is 1.33. The SMILES string of the molecule is C[Si](C)(C)NC(N)=S. The predicted octanol–water partition coefficient (Wildman–Crippen LogP) is 0.655. The highest BCUT2D eigenvalue weighted by atomic mass is 32.1. The molecule has 0 aliphatic rings. The van der Waals surface area contributed by atoms with Crippen LogP contribution < -0.4 is 10.7 Å². The molecule has 0 rings (SSSR count). The molecule has 0 aliphatic carbocycles. The lowest BCUT2D eigenvalue weighted by Crippen LogP contribution is -2.47. The van der Waals surface area contributed by atoms with E-state index in [-0.39, 0.29) is 0 Å². The molecule has 2 nitrogen and oxygen atoms in total. The van der Waals surface area contributed by atoms with Gasteiger partial charge < -0.3 is 10.7 Å². The van der Waals surface area contributed by atoms with Gasteiger partial charge in [-0.15, -0.1) is 0 Å². The molecule has 0 unspecified atom stereocenters. The van der Waals surface area contributed by atoms with Gasteiger partial charge in [0.15, 0.2) is 5.11 Å². The van der Waals surface area contributed by atoms with Crippen LogP contribution in [0.3, 0.4) is 0 Å². The topological polar surface area (TPSA) is 38.0 Å². The summed E-state index contributed by atoms with van der Waals surface area (Å²) < 4.78 is 0. The normalized spacial score (nSPS) is 10.9. The van der Waals surface area contributed by atoms with Crippen molar-refractivity contribution >= 4 is 25.6 Å². The van der Waals surface area contributed by atoms with Crippen LogP contribution in [0.1, 0.15) is 0 Å². The van der Waals surface area contributed by atoms with Crippen LogP contribution in [-0.4, -0.2) is 13.3 Å². The lowest BCUT2D eigenvalue weighted by atomic mass is 11.3. The Balaban J connectivity index is 3.55. The Kier molecular flexibility index (Phi) is 2.43. The zero-order valence-electron chi connectivity index (χ0n) is 5.49. The van der Waals surface area contributed by atoms with Gasteiger partial charge >= 0.3 is 0 Å². The summed E-state index contributed by atoms with van der Waals surface area (Å²) in [5.41, 5.74) is 5.23. The first-order chi connectivity index (χ1) is 3.42. The second kappa shape index (κ2) is 2.46. The van der Waals surface area contributed by atoms with Crippen molar-refractivity contribution in [1.29, 1.82) is 0 Å². The molecule has 0 aromatic carbocycles. The highest BCUT2D eigenvalue weighted by Gasteiger charge is 2.11. The van der Waals surface area contributed by atoms with Gasteiger partial charge in [-0.05, 0) is 12.2 Å². The molecule has 8 heavy (non-hydrogen) atoms. The third-order valence-corrected chi connectivity index (χ3v) is 1.80. The van der Waals surface area contributed by atoms with Gasteiger partial charge in [0, 0.05) is 0 Å². The Morgan fingerprint density at radius 3 is 1.88 bits per heavy atom. The van der Waals surface area contributed by atoms with Crippen molar-refractivity contribution in [1.82, 2.24) is 4.98 Å². The van der Waals surface area contributed by atoms with E-state index in [0.29, 0.717) is 5.11 Å². The Morgan fingerprint density at radius 2 is 1.88 bits per heavy atom. The number of hydrogen-bond acceptors (Lipinski definition) is 1. The maximum atomic E-state index is 5.23. The highest BCUT2D eigenvalue weighted by molar-refractivity contribution is 7.80. The van der Waals surface area contributed by atoms with Crippen LogP contribution in [0.2, 0.25) is 19.6 Å². The van der Waals surface area contributed by atoms with Gasteiger partial charge in [0.2, 0.25) is 0 Å². The van der Waals surface area contributed by atoms with Crippen molar-refractivity contribution in [2.45, 2.75) is 19.6 Å². The summed E-state index contributed by atoms with van der Waals surface area (Å²) in [6, 6.07) is 0. The smallest absolute Gasteiger partial charge is 0.155 e. The van der Waals surface area contributed by atoms with E-state index in [1.807, 2.05) is 0 Å². The molecule has 4 heteroatoms. The minimum atomic E-state index is -1.24. The summed E-state index contributed by atoms with van der Waals surface area (Å²) in [6.45, 7) is 6.44. The monoisotopic (exact) mass is 148 g/mol. The van der Waals surface area contributed by atoms with Crippen molar-refractivity contribution < 1.29 is 0 Å². The fraction of sp³-hybridized carbons (Fsp3) is 0.750. The van der Waals surface area contributed by atoms with Gasteiger partial charge in [0.25, 0.3) is 0 Å². The van der Waals surface area contributed by atoms with Crippen molar-refractivity contribution in [2.75, 3.05) is 0 Å². The summed E-state index contributed by atoms with van der Waals surface area (Å²) >= 11 is 4.65. The molecule has 0 amide bonds. The van der Waals surface area contributed by atoms with Crippen LogP contribution in [0.4, 0.5) is 0 Å². The Labute approximate surface area is 56.5 Å². The van der Waals surface area contributed by atoms with Gasteiger partial charge in [0.05, 0.1) is 0 Å². The van der Waals surface area contributed by atoms with Crippen LogP contribution in [0.5, 0.6) is 0 Å². The van der Waals surface area contributed by atoms with Crippen LogP contribution in [-0.2, 0) is 0 Å². The second-order valence-electron chi connectivity index (χ2n) is 2.74. The first kappa shape index (κ1) is 7.91. The molecule has 48 valence electrons. The van der Waals surface area contributed by atoms with E-state index >= 15 is 0 Å². The molecule has 0 bridgehead atoms. The van der Waals surface area contributed by atoms with E-state index in [2.05, 4.69) is 36.8 Å². The second-order valence-corrected chi connectivity index (χ2v) is 7.93. The zero-order chi connectivity index (χ0) is 6.78. The van der Waals surface area contributed by atoms with Crippen molar-refractivity contribution in [3.05, 3.63) is 0 Å². The molecule has 0 radical (unpaired) electrons. The largest absolute Gasteiger partial charge is 0.389 e. The molecular formula is C4H12N2SSi. The molecular weight excluding hydrogens is 136 g/mol. The molecule has 0 saturated heterocycles. The molecule has 0 spiro atoms. The molecule has 0 aromatic rings. The quantitative estimate of drug-likeness (QED) is 0.424. The molecule has 3 N–H and O–H groups in total. The van der Waals surface area contributed by atoms with Crippen molar-refractivity contribution in [2.24, 2.45) is 5.73 Å². The molecule has 0 heterocycles. The fourth-order valence-electron chi connectivity index (χ4n) is 0.370. The predicted molar refractivity (Wildman–Crippen MR) is 43.3 cm³/mol. The number of nitrogens with one attached hydrogen (secondary N) is 1. The average molecular weight is 148 g/mol. The van der Waals surface area contributed by atoms with Crippen LogP contribution in [0, 0.1) is 0 Å². The molecule has 0 aliphatic heterocycles. The fourth-order valence-corrected chi connectivity index (χ4v) is 2.03. The highest BCUT2D eigenvalue weighted by Crippen LogP contribution is 1.91. The summed E-state index contributed by atoms with van der Waals surface area (Å²) in [5, 5.41) is 0.421. The number of hydrogen-bond donors (Lipinski definition) is 2. The van der Waals surface area contributed by atoms with E-state index in [1.54, 1.807) is 0 Å². The molecule has 0 saturated carbocycles. The van der Waals surface area contributed by atoms with E-state index in [0.717, 1.165) is 0 Å². The molecule has 0 fully saturated rings. The average Bonchev–Trinajstić information content (AvgIpc) is 1.21. The number of nitrogens with two attached hydrogens (primary N) is 1.